The fourth-order valence-corrected chi connectivity index (χ4v) is 1.24. The smallest absolute Gasteiger partial charge is 0.425 e. The lowest BCUT2D eigenvalue weighted by molar-refractivity contribution is -0.189. The van der Waals surface area contributed by atoms with Gasteiger partial charge in [0.2, 0.25) is 0 Å². The van der Waals surface area contributed by atoms with Crippen molar-refractivity contribution in [1.29, 1.82) is 5.41 Å². The van der Waals surface area contributed by atoms with Crippen LogP contribution in [0, 0.1) is 5.41 Å². The van der Waals surface area contributed by atoms with E-state index < -0.39 is 12.3 Å². The summed E-state index contributed by atoms with van der Waals surface area (Å²) >= 11 is 5.65. The Kier molecular flexibility index (Phi) is 3.87. The molecule has 0 aliphatic heterocycles. The fourth-order valence-electron chi connectivity index (χ4n) is 1.07. The Morgan fingerprint density at radius 2 is 2.06 bits per heavy atom. The molecule has 0 saturated heterocycles. The Morgan fingerprint density at radius 3 is 2.53 bits per heavy atom. The summed E-state index contributed by atoms with van der Waals surface area (Å²) in [5, 5.41) is 7.43. The number of ether oxygens (including phenoxy) is 1. The van der Waals surface area contributed by atoms with Gasteiger partial charge < -0.3 is 10.5 Å². The van der Waals surface area contributed by atoms with Crippen molar-refractivity contribution in [2.45, 2.75) is 19.2 Å². The van der Waals surface area contributed by atoms with Crippen molar-refractivity contribution in [3.8, 4) is 5.75 Å². The van der Waals surface area contributed by atoms with Gasteiger partial charge >= 0.3 is 6.18 Å². The van der Waals surface area contributed by atoms with E-state index in [4.69, 9.17) is 27.5 Å². The second kappa shape index (κ2) is 4.83. The first-order valence-corrected chi connectivity index (χ1v) is 4.97. The summed E-state index contributed by atoms with van der Waals surface area (Å²) < 4.78 is 41.7. The number of halogens is 4. The van der Waals surface area contributed by atoms with Crippen molar-refractivity contribution >= 4 is 17.4 Å². The zero-order valence-corrected chi connectivity index (χ0v) is 9.56. The number of alkyl halides is 3. The third kappa shape index (κ3) is 3.52. The molecule has 0 fully saturated rings. The molecule has 0 aliphatic carbocycles. The monoisotopic (exact) mass is 266 g/mol. The maximum atomic E-state index is 12.3. The highest BCUT2D eigenvalue weighted by molar-refractivity contribution is 6.30. The molecule has 0 saturated carbocycles. The first-order chi connectivity index (χ1) is 7.71. The number of hydrogen-bond donors (Lipinski definition) is 2. The average Bonchev–Trinajstić information content (AvgIpc) is 2.15. The third-order valence-corrected chi connectivity index (χ3v) is 2.23. The van der Waals surface area contributed by atoms with E-state index in [1.807, 2.05) is 0 Å². The molecule has 0 bridgehead atoms. The molecule has 0 aliphatic rings. The lowest BCUT2D eigenvalue weighted by Crippen LogP contribution is -2.32. The van der Waals surface area contributed by atoms with E-state index in [2.05, 4.69) is 0 Å². The van der Waals surface area contributed by atoms with E-state index in [-0.39, 0.29) is 22.2 Å². The number of nitrogens with one attached hydrogen (secondary N) is 1. The van der Waals surface area contributed by atoms with Gasteiger partial charge in [-0.05, 0) is 25.1 Å². The molecule has 1 aromatic rings. The number of nitrogen functional groups attached to an aromatic ring is 1. The zero-order valence-electron chi connectivity index (χ0n) is 8.81. The number of rotatable bonds is 3. The van der Waals surface area contributed by atoms with Crippen molar-refractivity contribution in [2.75, 3.05) is 0 Å². The Balaban J connectivity index is 3.04. The summed E-state index contributed by atoms with van der Waals surface area (Å²) in [6, 6.07) is 3.95. The molecule has 1 aromatic carbocycles. The van der Waals surface area contributed by atoms with Crippen molar-refractivity contribution in [1.82, 2.24) is 0 Å². The van der Waals surface area contributed by atoms with Gasteiger partial charge in [-0.25, -0.2) is 0 Å². The van der Waals surface area contributed by atoms with E-state index in [1.165, 1.54) is 18.2 Å². The maximum absolute atomic E-state index is 12.3. The predicted molar refractivity (Wildman–Crippen MR) is 58.6 cm³/mol. The van der Waals surface area contributed by atoms with Crippen LogP contribution >= 0.6 is 11.6 Å². The number of amidine groups is 1. The largest absolute Gasteiger partial charge is 0.480 e. The van der Waals surface area contributed by atoms with E-state index in [0.717, 1.165) is 6.92 Å². The van der Waals surface area contributed by atoms with Crippen molar-refractivity contribution < 1.29 is 17.9 Å². The molecule has 1 rings (SSSR count). The van der Waals surface area contributed by atoms with Gasteiger partial charge in [0.05, 0.1) is 5.56 Å². The first-order valence-electron chi connectivity index (χ1n) is 4.59. The van der Waals surface area contributed by atoms with Crippen LogP contribution in [-0.2, 0) is 0 Å². The molecule has 0 radical (unpaired) electrons. The summed E-state index contributed by atoms with van der Waals surface area (Å²) in [7, 11) is 0. The fraction of sp³-hybridized carbons (Fsp3) is 0.300. The SMILES string of the molecule is CC(Oc1cc(Cl)ccc1C(=N)N)C(F)(F)F. The van der Waals surface area contributed by atoms with Gasteiger partial charge in [0.25, 0.3) is 0 Å². The molecule has 3 nitrogen and oxygen atoms in total. The van der Waals surface area contributed by atoms with Gasteiger partial charge in [0.1, 0.15) is 11.6 Å². The van der Waals surface area contributed by atoms with Crippen molar-refractivity contribution in [3.63, 3.8) is 0 Å². The number of benzene rings is 1. The van der Waals surface area contributed by atoms with Crippen LogP contribution in [0.1, 0.15) is 12.5 Å². The molecule has 0 spiro atoms. The zero-order chi connectivity index (χ0) is 13.2. The van der Waals surface area contributed by atoms with E-state index >= 15 is 0 Å². The Bertz CT molecular complexity index is 434. The first kappa shape index (κ1) is 13.6. The van der Waals surface area contributed by atoms with Crippen molar-refractivity contribution in [3.05, 3.63) is 28.8 Å². The summed E-state index contributed by atoms with van der Waals surface area (Å²) in [5.74, 6) is -0.541. The van der Waals surface area contributed by atoms with Crippen LogP contribution in [0.5, 0.6) is 5.75 Å². The molecule has 17 heavy (non-hydrogen) atoms. The minimum atomic E-state index is -4.49. The number of hydrogen-bond acceptors (Lipinski definition) is 2. The highest BCUT2D eigenvalue weighted by Gasteiger charge is 2.38. The molecule has 0 aromatic heterocycles. The Morgan fingerprint density at radius 1 is 1.47 bits per heavy atom. The number of nitrogens with two attached hydrogens (primary N) is 1. The van der Waals surface area contributed by atoms with Gasteiger partial charge in [-0.1, -0.05) is 11.6 Å². The summed E-state index contributed by atoms with van der Waals surface area (Å²) in [6.07, 6.45) is -6.49. The highest BCUT2D eigenvalue weighted by atomic mass is 35.5. The second-order valence-electron chi connectivity index (χ2n) is 3.36. The quantitative estimate of drug-likeness (QED) is 0.653. The van der Waals surface area contributed by atoms with Gasteiger partial charge in [-0.2, -0.15) is 13.2 Å². The molecule has 3 N–H and O–H groups in total. The van der Waals surface area contributed by atoms with E-state index in [1.54, 1.807) is 0 Å². The van der Waals surface area contributed by atoms with Crippen molar-refractivity contribution in [2.24, 2.45) is 5.73 Å². The van der Waals surface area contributed by atoms with Crippen LogP contribution < -0.4 is 10.5 Å². The summed E-state index contributed by atoms with van der Waals surface area (Å²) in [4.78, 5) is 0. The van der Waals surface area contributed by atoms with Crippen LogP contribution in [0.2, 0.25) is 5.02 Å². The van der Waals surface area contributed by atoms with Gasteiger partial charge in [-0.3, -0.25) is 5.41 Å². The Hall–Kier alpha value is -1.43. The van der Waals surface area contributed by atoms with Crippen LogP contribution in [0.25, 0.3) is 0 Å². The summed E-state index contributed by atoms with van der Waals surface area (Å²) in [5.41, 5.74) is 5.30. The molecule has 7 heteroatoms. The minimum absolute atomic E-state index is 0.0745. The highest BCUT2D eigenvalue weighted by Crippen LogP contribution is 2.29. The normalized spacial score (nSPS) is 13.2. The minimum Gasteiger partial charge on any atom is -0.480 e. The predicted octanol–water partition coefficient (Wildman–Crippen LogP) is 2.95. The third-order valence-electron chi connectivity index (χ3n) is 2.00. The lowest BCUT2D eigenvalue weighted by atomic mass is 10.2. The summed E-state index contributed by atoms with van der Waals surface area (Å²) in [6.45, 7) is 0.866. The molecule has 1 atom stereocenters. The molecule has 0 heterocycles. The Labute approximate surface area is 101 Å². The van der Waals surface area contributed by atoms with E-state index in [0.29, 0.717) is 0 Å². The van der Waals surface area contributed by atoms with Gasteiger partial charge in [0.15, 0.2) is 6.10 Å². The molecule has 1 unspecified atom stereocenters. The second-order valence-corrected chi connectivity index (χ2v) is 3.79. The molecular formula is C10H10ClF3N2O. The van der Waals surface area contributed by atoms with E-state index in [9.17, 15) is 13.2 Å². The van der Waals surface area contributed by atoms with Gasteiger partial charge in [0, 0.05) is 5.02 Å². The van der Waals surface area contributed by atoms with Crippen LogP contribution in [0.15, 0.2) is 18.2 Å². The van der Waals surface area contributed by atoms with Crippen LogP contribution in [0.4, 0.5) is 13.2 Å². The molecular weight excluding hydrogens is 257 g/mol. The standard InChI is InChI=1S/C10H10ClF3N2O/c1-5(10(12,13)14)17-8-4-6(11)2-3-7(8)9(15)16/h2-5H,1H3,(H3,15,16). The maximum Gasteiger partial charge on any atom is 0.425 e. The van der Waals surface area contributed by atoms with Gasteiger partial charge in [-0.15, -0.1) is 0 Å². The average molecular weight is 267 g/mol. The lowest BCUT2D eigenvalue weighted by Gasteiger charge is -2.19. The molecule has 94 valence electrons. The topological polar surface area (TPSA) is 59.1 Å². The van der Waals surface area contributed by atoms with Crippen LogP contribution in [0.3, 0.4) is 0 Å². The van der Waals surface area contributed by atoms with Crippen LogP contribution in [-0.4, -0.2) is 18.1 Å². The molecule has 0 amide bonds.